The van der Waals surface area contributed by atoms with E-state index in [2.05, 4.69) is 0 Å². The fourth-order valence-electron chi connectivity index (χ4n) is 0.889. The zero-order chi connectivity index (χ0) is 9.30. The maximum atomic E-state index is 12.8. The Morgan fingerprint density at radius 2 is 2.17 bits per heavy atom. The first-order valence-electron chi connectivity index (χ1n) is 3.44. The van der Waals surface area contributed by atoms with Crippen molar-refractivity contribution in [1.82, 2.24) is 4.90 Å². The summed E-state index contributed by atoms with van der Waals surface area (Å²) in [4.78, 5) is 22.8. The molecule has 0 atom stereocenters. The van der Waals surface area contributed by atoms with Crippen molar-refractivity contribution in [1.29, 1.82) is 0 Å². The highest BCUT2D eigenvalue weighted by Gasteiger charge is 2.29. The van der Waals surface area contributed by atoms with Crippen LogP contribution in [0.25, 0.3) is 0 Å². The predicted octanol–water partition coefficient (Wildman–Crippen LogP) is 0.785. The normalized spacial score (nSPS) is 18.8. The number of carbonyl (C=O) groups is 2. The average Bonchev–Trinajstić information content (AvgIpc) is 2.32. The number of nitrogens with zero attached hydrogens (tertiary/aromatic N) is 1. The van der Waals surface area contributed by atoms with Gasteiger partial charge in [0.05, 0.1) is 5.57 Å². The second kappa shape index (κ2) is 2.89. The van der Waals surface area contributed by atoms with E-state index in [1.54, 1.807) is 0 Å². The Morgan fingerprint density at radius 3 is 2.50 bits per heavy atom. The number of rotatable bonds is 1. The van der Waals surface area contributed by atoms with Gasteiger partial charge in [0.1, 0.15) is 5.83 Å². The highest BCUT2D eigenvalue weighted by molar-refractivity contribution is 6.17. The second-order valence-corrected chi connectivity index (χ2v) is 2.40. The summed E-state index contributed by atoms with van der Waals surface area (Å²) in [5.74, 6) is -1.72. The van der Waals surface area contributed by atoms with E-state index in [4.69, 9.17) is 0 Å². The van der Waals surface area contributed by atoms with E-state index in [1.807, 2.05) is 0 Å². The third kappa shape index (κ3) is 1.15. The largest absolute Gasteiger partial charge is 0.278 e. The molecule has 0 spiro atoms. The second-order valence-electron chi connectivity index (χ2n) is 2.40. The van der Waals surface area contributed by atoms with Gasteiger partial charge in [0, 0.05) is 13.1 Å². The highest BCUT2D eigenvalue weighted by Crippen LogP contribution is 2.19. The number of amides is 2. The number of hydrogen-bond acceptors (Lipinski definition) is 2. The number of likely N-dealkylation sites (N-methyl/N-ethyl adjacent to an activating group) is 1. The van der Waals surface area contributed by atoms with Crippen molar-refractivity contribution >= 4 is 11.8 Å². The molecule has 0 fully saturated rings. The van der Waals surface area contributed by atoms with Crippen LogP contribution in [0.2, 0.25) is 0 Å². The van der Waals surface area contributed by atoms with Crippen LogP contribution in [0.1, 0.15) is 6.92 Å². The van der Waals surface area contributed by atoms with Crippen molar-refractivity contribution in [3.8, 4) is 0 Å². The SMILES string of the molecule is C/C=C(\F)C1=CC(=O)N(C)C1=O. The molecular weight excluding hydrogens is 161 g/mol. The Hall–Kier alpha value is -1.45. The molecule has 0 unspecified atom stereocenters. The molecule has 1 aliphatic heterocycles. The van der Waals surface area contributed by atoms with Crippen LogP contribution < -0.4 is 0 Å². The van der Waals surface area contributed by atoms with Crippen LogP contribution in [0.3, 0.4) is 0 Å². The molecule has 64 valence electrons. The summed E-state index contributed by atoms with van der Waals surface area (Å²) in [7, 11) is 1.32. The molecule has 0 aromatic heterocycles. The number of hydrogen-bond donors (Lipinski definition) is 0. The minimum absolute atomic E-state index is 0.162. The summed E-state index contributed by atoms with van der Waals surface area (Å²) < 4.78 is 12.8. The lowest BCUT2D eigenvalue weighted by Crippen LogP contribution is -2.26. The summed E-state index contributed by atoms with van der Waals surface area (Å²) in [6.45, 7) is 1.46. The zero-order valence-corrected chi connectivity index (χ0v) is 6.80. The topological polar surface area (TPSA) is 37.4 Å². The van der Waals surface area contributed by atoms with Gasteiger partial charge in [-0.15, -0.1) is 0 Å². The molecule has 4 heteroatoms. The molecule has 12 heavy (non-hydrogen) atoms. The summed E-state index contributed by atoms with van der Waals surface area (Å²) in [6.07, 6.45) is 2.15. The molecule has 0 saturated heterocycles. The molecule has 1 heterocycles. The third-order valence-corrected chi connectivity index (χ3v) is 1.64. The van der Waals surface area contributed by atoms with Gasteiger partial charge >= 0.3 is 0 Å². The van der Waals surface area contributed by atoms with Crippen molar-refractivity contribution in [2.75, 3.05) is 7.05 Å². The summed E-state index contributed by atoms with van der Waals surface area (Å²) in [6, 6.07) is 0. The summed E-state index contributed by atoms with van der Waals surface area (Å²) >= 11 is 0. The maximum Gasteiger partial charge on any atom is 0.263 e. The monoisotopic (exact) mass is 169 g/mol. The first-order valence-corrected chi connectivity index (χ1v) is 3.44. The van der Waals surface area contributed by atoms with Crippen molar-refractivity contribution in [2.24, 2.45) is 0 Å². The number of allylic oxidation sites excluding steroid dienone is 1. The quantitative estimate of drug-likeness (QED) is 0.544. The van der Waals surface area contributed by atoms with Crippen LogP contribution in [-0.4, -0.2) is 23.8 Å². The third-order valence-electron chi connectivity index (χ3n) is 1.64. The van der Waals surface area contributed by atoms with Crippen LogP contribution in [0.15, 0.2) is 23.6 Å². The number of halogens is 1. The van der Waals surface area contributed by atoms with E-state index in [9.17, 15) is 14.0 Å². The smallest absolute Gasteiger partial charge is 0.263 e. The molecule has 0 N–H and O–H groups in total. The minimum atomic E-state index is -0.655. The Bertz CT molecular complexity index is 304. The molecule has 0 aliphatic carbocycles. The molecular formula is C8H8FNO2. The Kier molecular flexibility index (Phi) is 2.08. The first kappa shape index (κ1) is 8.64. The van der Waals surface area contributed by atoms with Gasteiger partial charge in [-0.1, -0.05) is 6.08 Å². The van der Waals surface area contributed by atoms with Gasteiger partial charge in [0.15, 0.2) is 0 Å². The van der Waals surface area contributed by atoms with Crippen LogP contribution in [0.4, 0.5) is 4.39 Å². The fourth-order valence-corrected chi connectivity index (χ4v) is 0.889. The maximum absolute atomic E-state index is 12.8. The molecule has 0 aromatic carbocycles. The lowest BCUT2D eigenvalue weighted by atomic mass is 10.2. The van der Waals surface area contributed by atoms with Crippen molar-refractivity contribution in [3.63, 3.8) is 0 Å². The van der Waals surface area contributed by atoms with E-state index in [0.29, 0.717) is 0 Å². The van der Waals surface area contributed by atoms with Gasteiger partial charge in [0.25, 0.3) is 11.8 Å². The molecule has 2 amide bonds. The van der Waals surface area contributed by atoms with Gasteiger partial charge in [0.2, 0.25) is 0 Å². The van der Waals surface area contributed by atoms with Gasteiger partial charge in [-0.2, -0.15) is 0 Å². The Balaban J connectivity index is 3.03. The molecule has 1 aliphatic rings. The number of carbonyl (C=O) groups excluding carboxylic acids is 2. The van der Waals surface area contributed by atoms with E-state index < -0.39 is 17.6 Å². The standard InChI is InChI=1S/C8H8FNO2/c1-3-6(9)5-4-7(11)10(2)8(5)12/h3-4H,1-2H3/b6-3-. The van der Waals surface area contributed by atoms with E-state index in [1.165, 1.54) is 14.0 Å². The molecule has 0 bridgehead atoms. The van der Waals surface area contributed by atoms with Gasteiger partial charge in [-0.25, -0.2) is 4.39 Å². The van der Waals surface area contributed by atoms with Gasteiger partial charge in [-0.05, 0) is 6.92 Å². The Morgan fingerprint density at radius 1 is 1.58 bits per heavy atom. The lowest BCUT2D eigenvalue weighted by molar-refractivity contribution is -0.135. The minimum Gasteiger partial charge on any atom is -0.278 e. The van der Waals surface area contributed by atoms with E-state index >= 15 is 0 Å². The molecule has 3 nitrogen and oxygen atoms in total. The summed E-state index contributed by atoms with van der Waals surface area (Å²) in [5, 5.41) is 0. The van der Waals surface area contributed by atoms with Crippen molar-refractivity contribution in [2.45, 2.75) is 6.92 Å². The van der Waals surface area contributed by atoms with Gasteiger partial charge < -0.3 is 0 Å². The van der Waals surface area contributed by atoms with E-state index in [0.717, 1.165) is 17.1 Å². The van der Waals surface area contributed by atoms with Crippen LogP contribution >= 0.6 is 0 Å². The van der Waals surface area contributed by atoms with Crippen molar-refractivity contribution in [3.05, 3.63) is 23.6 Å². The van der Waals surface area contributed by atoms with Crippen LogP contribution in [-0.2, 0) is 9.59 Å². The van der Waals surface area contributed by atoms with Crippen LogP contribution in [0.5, 0.6) is 0 Å². The van der Waals surface area contributed by atoms with Crippen molar-refractivity contribution < 1.29 is 14.0 Å². The molecule has 0 radical (unpaired) electrons. The van der Waals surface area contributed by atoms with E-state index in [-0.39, 0.29) is 5.57 Å². The lowest BCUT2D eigenvalue weighted by Gasteiger charge is -2.04. The molecule has 1 rings (SSSR count). The van der Waals surface area contributed by atoms with Crippen LogP contribution in [0, 0.1) is 0 Å². The number of imide groups is 1. The molecule has 0 aromatic rings. The first-order chi connectivity index (χ1) is 5.57. The predicted molar refractivity (Wildman–Crippen MR) is 40.7 cm³/mol. The molecule has 0 saturated carbocycles. The zero-order valence-electron chi connectivity index (χ0n) is 6.80. The Labute approximate surface area is 69.2 Å². The average molecular weight is 169 g/mol. The van der Waals surface area contributed by atoms with Gasteiger partial charge in [-0.3, -0.25) is 14.5 Å². The fraction of sp³-hybridized carbons (Fsp3) is 0.250. The highest BCUT2D eigenvalue weighted by atomic mass is 19.1. The summed E-state index contributed by atoms with van der Waals surface area (Å²) in [5.41, 5.74) is -0.162.